The fraction of sp³-hybridized carbons (Fsp3) is 1.00. The van der Waals surface area contributed by atoms with Gasteiger partial charge in [-0.05, 0) is 0 Å². The van der Waals surface area contributed by atoms with Crippen molar-refractivity contribution in [1.29, 1.82) is 0 Å². The summed E-state index contributed by atoms with van der Waals surface area (Å²) >= 11 is 0.444. The fourth-order valence-corrected chi connectivity index (χ4v) is 4.55. The Morgan fingerprint density at radius 3 is 1.14 bits per heavy atom. The van der Waals surface area contributed by atoms with E-state index in [2.05, 4.69) is 20.8 Å². The van der Waals surface area contributed by atoms with E-state index in [1.54, 1.807) is 16.1 Å². The van der Waals surface area contributed by atoms with E-state index in [0.717, 1.165) is 0 Å². The molecule has 0 saturated carbocycles. The minimum atomic E-state index is 0. The summed E-state index contributed by atoms with van der Waals surface area (Å²) in [6, 6.07) is 0. The van der Waals surface area contributed by atoms with Crippen molar-refractivity contribution in [2.24, 2.45) is 0 Å². The molecule has 0 amide bonds. The van der Waals surface area contributed by atoms with Gasteiger partial charge >= 0.3 is 89.0 Å². The molecule has 0 fully saturated rings. The van der Waals surface area contributed by atoms with Gasteiger partial charge in [-0.3, -0.25) is 0 Å². The Morgan fingerprint density at radius 1 is 0.643 bits per heavy atom. The summed E-state index contributed by atoms with van der Waals surface area (Å²) in [5.74, 6) is 0. The largest absolute Gasteiger partial charge is 0.153 e. The molecule has 2 heteroatoms. The molecular weight excluding hydrogens is 234 g/mol. The fourth-order valence-electron chi connectivity index (χ4n) is 1.10. The van der Waals surface area contributed by atoms with Crippen molar-refractivity contribution in [2.45, 2.75) is 75.4 Å². The van der Waals surface area contributed by atoms with Crippen LogP contribution in [0.2, 0.25) is 16.1 Å². The summed E-state index contributed by atoms with van der Waals surface area (Å²) in [7, 11) is 0. The molecular formula is C12H30CoP. The second kappa shape index (κ2) is 13.9. The van der Waals surface area contributed by atoms with Crippen molar-refractivity contribution in [3.05, 3.63) is 0 Å². The summed E-state index contributed by atoms with van der Waals surface area (Å²) in [5.41, 5.74) is 0. The van der Waals surface area contributed by atoms with Crippen molar-refractivity contribution in [1.82, 2.24) is 0 Å². The van der Waals surface area contributed by atoms with Crippen LogP contribution in [0.25, 0.3) is 0 Å². The van der Waals surface area contributed by atoms with Gasteiger partial charge < -0.3 is 0 Å². The predicted octanol–water partition coefficient (Wildman–Crippen LogP) is 5.32. The van der Waals surface area contributed by atoms with Gasteiger partial charge in [-0.1, -0.05) is 0 Å². The van der Waals surface area contributed by atoms with Gasteiger partial charge in [0.1, 0.15) is 0 Å². The number of hydrogen-bond donors (Lipinski definition) is 0. The Bertz CT molecular complexity index is 77.3. The van der Waals surface area contributed by atoms with E-state index in [1.807, 2.05) is 0 Å². The predicted molar refractivity (Wildman–Crippen MR) is 70.3 cm³/mol. The first-order chi connectivity index (χ1) is 6.35. The normalized spacial score (nSPS) is 10.9. The summed E-state index contributed by atoms with van der Waals surface area (Å²) in [5, 5.41) is 4.64. The van der Waals surface area contributed by atoms with Crippen molar-refractivity contribution in [2.75, 3.05) is 0 Å². The number of hydrogen-bond acceptors (Lipinski definition) is 0. The molecule has 0 saturated heterocycles. The maximum atomic E-state index is 2.31. The molecule has 0 spiro atoms. The maximum absolute atomic E-state index is 2.31. The van der Waals surface area contributed by atoms with Gasteiger partial charge in [-0.2, -0.15) is 9.90 Å². The minimum Gasteiger partial charge on any atom is -0.153 e. The van der Waals surface area contributed by atoms with Gasteiger partial charge in [0.15, 0.2) is 0 Å². The van der Waals surface area contributed by atoms with Crippen LogP contribution in [-0.2, 0) is 13.7 Å². The zero-order chi connectivity index (χ0) is 9.94. The molecule has 1 unspecified atom stereocenters. The standard InChI is InChI=1S/3C4H9.Co.H3P/c3*1-3-4-2;;/h3*1,3-4H2,2H3;;1H3. The van der Waals surface area contributed by atoms with Crippen LogP contribution in [0.1, 0.15) is 59.3 Å². The van der Waals surface area contributed by atoms with E-state index in [0.29, 0.717) is 13.7 Å². The van der Waals surface area contributed by atoms with E-state index in [9.17, 15) is 0 Å². The molecule has 1 atom stereocenters. The average molecular weight is 264 g/mol. The molecule has 14 heavy (non-hydrogen) atoms. The van der Waals surface area contributed by atoms with Crippen molar-refractivity contribution in [3.8, 4) is 0 Å². The molecule has 0 rings (SSSR count). The van der Waals surface area contributed by atoms with Crippen molar-refractivity contribution in [3.63, 3.8) is 0 Å². The molecule has 92 valence electrons. The Hall–Kier alpha value is 0.936. The molecule has 0 aromatic heterocycles. The molecule has 0 nitrogen and oxygen atoms in total. The quantitative estimate of drug-likeness (QED) is 0.494. The molecule has 0 radical (unpaired) electrons. The molecule has 0 N–H and O–H groups in total. The van der Waals surface area contributed by atoms with Gasteiger partial charge in [0.2, 0.25) is 0 Å². The van der Waals surface area contributed by atoms with Gasteiger partial charge in [0, 0.05) is 0 Å². The first-order valence-electron chi connectivity index (χ1n) is 5.83. The summed E-state index contributed by atoms with van der Waals surface area (Å²) in [6.07, 6.45) is 8.57. The topological polar surface area (TPSA) is 0 Å². The third-order valence-corrected chi connectivity index (χ3v) is 5.43. The van der Waals surface area contributed by atoms with E-state index >= 15 is 0 Å². The molecule has 0 aromatic rings. The smallest absolute Gasteiger partial charge is 0.153 e. The van der Waals surface area contributed by atoms with Crippen LogP contribution in [0.3, 0.4) is 0 Å². The van der Waals surface area contributed by atoms with Gasteiger partial charge in [-0.15, -0.1) is 0 Å². The molecule has 0 bridgehead atoms. The van der Waals surface area contributed by atoms with Gasteiger partial charge in [0.05, 0.1) is 0 Å². The number of unbranched alkanes of at least 4 members (excludes halogenated alkanes) is 3. The average Bonchev–Trinajstić information content (AvgIpc) is 2.17. The van der Waals surface area contributed by atoms with E-state index in [-0.39, 0.29) is 9.90 Å². The Balaban J connectivity index is 0. The van der Waals surface area contributed by atoms with Crippen LogP contribution >= 0.6 is 9.90 Å². The SMILES string of the molecule is CCC[CH2][Co]([CH2]CCC)[CH2]CCC.P. The maximum Gasteiger partial charge on any atom is -0.153 e. The second-order valence-corrected chi connectivity index (χ2v) is 6.68. The Labute approximate surface area is 99.0 Å². The summed E-state index contributed by atoms with van der Waals surface area (Å²) < 4.78 is 0. The zero-order valence-electron chi connectivity index (χ0n) is 10.4. The van der Waals surface area contributed by atoms with Crippen LogP contribution < -0.4 is 0 Å². The Morgan fingerprint density at radius 2 is 0.929 bits per heavy atom. The van der Waals surface area contributed by atoms with E-state index < -0.39 is 0 Å². The first-order valence-corrected chi connectivity index (χ1v) is 8.04. The van der Waals surface area contributed by atoms with E-state index in [1.165, 1.54) is 38.5 Å². The molecule has 0 heterocycles. The van der Waals surface area contributed by atoms with Gasteiger partial charge in [-0.25, -0.2) is 0 Å². The third kappa shape index (κ3) is 11.0. The number of rotatable bonds is 9. The molecule has 0 aliphatic heterocycles. The van der Waals surface area contributed by atoms with Gasteiger partial charge in [0.25, 0.3) is 0 Å². The summed E-state index contributed by atoms with van der Waals surface area (Å²) in [6.45, 7) is 6.94. The van der Waals surface area contributed by atoms with Crippen molar-refractivity contribution < 1.29 is 13.7 Å². The Kier molecular flexibility index (Phi) is 17.3. The monoisotopic (exact) mass is 264 g/mol. The summed E-state index contributed by atoms with van der Waals surface area (Å²) in [4.78, 5) is 0. The van der Waals surface area contributed by atoms with Crippen LogP contribution in [0, 0.1) is 0 Å². The molecule has 0 aromatic carbocycles. The van der Waals surface area contributed by atoms with Crippen molar-refractivity contribution >= 4 is 9.90 Å². The third-order valence-electron chi connectivity index (χ3n) is 2.12. The molecule has 0 aliphatic rings. The van der Waals surface area contributed by atoms with Crippen LogP contribution in [0.4, 0.5) is 0 Å². The van der Waals surface area contributed by atoms with E-state index in [4.69, 9.17) is 0 Å². The van der Waals surface area contributed by atoms with Crippen LogP contribution in [0.15, 0.2) is 0 Å². The first kappa shape index (κ1) is 17.3. The van der Waals surface area contributed by atoms with Crippen LogP contribution in [-0.4, -0.2) is 0 Å². The zero-order valence-corrected chi connectivity index (χ0v) is 12.9. The second-order valence-electron chi connectivity index (χ2n) is 3.56. The molecule has 0 aliphatic carbocycles. The minimum absolute atomic E-state index is 0. The van der Waals surface area contributed by atoms with Crippen LogP contribution in [0.5, 0.6) is 0 Å².